The Hall–Kier alpha value is -2.80. The maximum absolute atomic E-state index is 14.1. The van der Waals surface area contributed by atoms with Gasteiger partial charge in [-0.05, 0) is 42.7 Å². The maximum Gasteiger partial charge on any atom is 0.221 e. The van der Waals surface area contributed by atoms with Crippen molar-refractivity contribution in [3.63, 3.8) is 0 Å². The van der Waals surface area contributed by atoms with Gasteiger partial charge in [0.2, 0.25) is 5.91 Å². The van der Waals surface area contributed by atoms with Gasteiger partial charge in [-0.2, -0.15) is 0 Å². The van der Waals surface area contributed by atoms with E-state index in [9.17, 15) is 18.0 Å². The van der Waals surface area contributed by atoms with Crippen LogP contribution in [0.25, 0.3) is 0 Å². The van der Waals surface area contributed by atoms with Crippen LogP contribution >= 0.6 is 0 Å². The lowest BCUT2D eigenvalue weighted by atomic mass is 9.80. The van der Waals surface area contributed by atoms with Crippen molar-refractivity contribution in [2.45, 2.75) is 31.7 Å². The highest BCUT2D eigenvalue weighted by Gasteiger charge is 2.27. The molecule has 0 spiro atoms. The smallest absolute Gasteiger partial charge is 0.221 e. The van der Waals surface area contributed by atoms with Crippen LogP contribution in [0.2, 0.25) is 0 Å². The Morgan fingerprint density at radius 3 is 2.54 bits per heavy atom. The number of carbonyl (C=O) groups excluding carboxylic acids is 1. The van der Waals surface area contributed by atoms with Crippen LogP contribution in [0.15, 0.2) is 48.0 Å². The number of rotatable bonds is 5. The largest absolute Gasteiger partial charge is 0.381 e. The molecule has 1 aliphatic carbocycles. The first kappa shape index (κ1) is 19.9. The first-order valence-corrected chi connectivity index (χ1v) is 9.03. The number of carbonyl (C=O) groups is 1. The predicted molar refractivity (Wildman–Crippen MR) is 104 cm³/mol. The Morgan fingerprint density at radius 2 is 1.82 bits per heavy atom. The summed E-state index contributed by atoms with van der Waals surface area (Å²) in [5, 5.41) is 5.99. The van der Waals surface area contributed by atoms with Crippen molar-refractivity contribution in [2.24, 2.45) is 5.73 Å². The van der Waals surface area contributed by atoms with Crippen LogP contribution in [0.1, 0.15) is 31.2 Å². The summed E-state index contributed by atoms with van der Waals surface area (Å²) in [5.41, 5.74) is 8.91. The summed E-state index contributed by atoms with van der Waals surface area (Å²) in [6.45, 7) is 1.99. The van der Waals surface area contributed by atoms with Crippen LogP contribution in [-0.2, 0) is 4.79 Å². The molecule has 2 aromatic rings. The van der Waals surface area contributed by atoms with Crippen LogP contribution in [0.5, 0.6) is 0 Å². The Labute approximate surface area is 161 Å². The lowest BCUT2D eigenvalue weighted by Crippen LogP contribution is -2.33. The lowest BCUT2D eigenvalue weighted by Gasteiger charge is -2.29. The van der Waals surface area contributed by atoms with Crippen LogP contribution in [-0.4, -0.2) is 18.5 Å². The molecule has 0 unspecified atom stereocenters. The first-order valence-electron chi connectivity index (χ1n) is 9.03. The molecule has 0 saturated carbocycles. The summed E-state index contributed by atoms with van der Waals surface area (Å²) in [6.07, 6.45) is 2.92. The maximum atomic E-state index is 14.1. The Morgan fingerprint density at radius 1 is 1.11 bits per heavy atom. The van der Waals surface area contributed by atoms with Gasteiger partial charge in [0.1, 0.15) is 5.82 Å². The van der Waals surface area contributed by atoms with Gasteiger partial charge in [-0.25, -0.2) is 13.2 Å². The van der Waals surface area contributed by atoms with Crippen molar-refractivity contribution < 1.29 is 18.0 Å². The lowest BCUT2D eigenvalue weighted by molar-refractivity contribution is -0.114. The summed E-state index contributed by atoms with van der Waals surface area (Å²) in [5.74, 6) is -3.59. The zero-order chi connectivity index (χ0) is 20.3. The highest BCUT2D eigenvalue weighted by atomic mass is 19.2. The summed E-state index contributed by atoms with van der Waals surface area (Å²) in [6, 6.07) is 8.41. The number of hydrogen-bond acceptors (Lipinski definition) is 3. The van der Waals surface area contributed by atoms with Crippen molar-refractivity contribution in [3.05, 3.63) is 71.1 Å². The molecule has 2 aromatic carbocycles. The molecule has 0 aliphatic heterocycles. The molecule has 0 radical (unpaired) electrons. The molecule has 0 aromatic heterocycles. The monoisotopic (exact) mass is 389 g/mol. The molecule has 148 valence electrons. The van der Waals surface area contributed by atoms with E-state index in [2.05, 4.69) is 10.6 Å². The number of amides is 1. The zero-order valence-corrected chi connectivity index (χ0v) is 15.4. The van der Waals surface area contributed by atoms with E-state index < -0.39 is 29.4 Å². The van der Waals surface area contributed by atoms with Gasteiger partial charge in [0.25, 0.3) is 0 Å². The van der Waals surface area contributed by atoms with Crippen molar-refractivity contribution in [3.8, 4) is 0 Å². The number of allylic oxidation sites excluding steroid dienone is 1. The minimum Gasteiger partial charge on any atom is -0.381 e. The van der Waals surface area contributed by atoms with E-state index in [1.807, 2.05) is 24.3 Å². The third kappa shape index (κ3) is 4.72. The molecular weight excluding hydrogens is 367 g/mol. The molecule has 4 nitrogen and oxygen atoms in total. The Kier molecular flexibility index (Phi) is 6.04. The molecular formula is C21H22F3N3O. The standard InChI is InChI=1S/C21H22F3N3O/c1-12(28)27-15-4-2-3-14(8-15)26-11-13-5-6-16(21(25)7-13)17-9-19(23)20(24)10-18(17)22/h2-5,8-10,16,21,26H,6-7,11,25H2,1H3,(H,27,28)/t16-,21+/m1/s1. The average Bonchev–Trinajstić information content (AvgIpc) is 2.63. The summed E-state index contributed by atoms with van der Waals surface area (Å²) < 4.78 is 40.7. The van der Waals surface area contributed by atoms with Crippen molar-refractivity contribution in [2.75, 3.05) is 17.2 Å². The summed E-state index contributed by atoms with van der Waals surface area (Å²) >= 11 is 0. The average molecular weight is 389 g/mol. The molecule has 28 heavy (non-hydrogen) atoms. The molecule has 0 fully saturated rings. The second kappa shape index (κ2) is 8.48. The van der Waals surface area contributed by atoms with Gasteiger partial charge in [-0.15, -0.1) is 0 Å². The summed E-state index contributed by atoms with van der Waals surface area (Å²) in [4.78, 5) is 11.2. The number of benzene rings is 2. The van der Waals surface area contributed by atoms with Crippen LogP contribution < -0.4 is 16.4 Å². The summed E-state index contributed by atoms with van der Waals surface area (Å²) in [7, 11) is 0. The Bertz CT molecular complexity index is 914. The van der Waals surface area contributed by atoms with Gasteiger partial charge in [0.15, 0.2) is 11.6 Å². The van der Waals surface area contributed by atoms with Gasteiger partial charge in [0.05, 0.1) is 0 Å². The Balaban J connectivity index is 1.65. The van der Waals surface area contributed by atoms with Crippen molar-refractivity contribution >= 4 is 17.3 Å². The number of nitrogens with two attached hydrogens (primary N) is 1. The predicted octanol–water partition coefficient (Wildman–Crippen LogP) is 4.31. The van der Waals surface area contributed by atoms with Crippen LogP contribution in [0, 0.1) is 17.5 Å². The highest BCUT2D eigenvalue weighted by molar-refractivity contribution is 5.89. The number of nitrogens with one attached hydrogen (secondary N) is 2. The number of halogens is 3. The normalized spacial score (nSPS) is 19.1. The van der Waals surface area contributed by atoms with E-state index in [0.29, 0.717) is 31.1 Å². The second-order valence-electron chi connectivity index (χ2n) is 6.98. The first-order chi connectivity index (χ1) is 13.3. The molecule has 4 N–H and O–H groups in total. The van der Waals surface area contributed by atoms with E-state index in [0.717, 1.165) is 17.3 Å². The molecule has 1 amide bonds. The van der Waals surface area contributed by atoms with E-state index in [1.54, 1.807) is 6.07 Å². The van der Waals surface area contributed by atoms with Gasteiger partial charge < -0.3 is 16.4 Å². The third-order valence-corrected chi connectivity index (χ3v) is 4.82. The minimum atomic E-state index is -1.20. The quantitative estimate of drug-likeness (QED) is 0.527. The number of hydrogen-bond donors (Lipinski definition) is 3. The van der Waals surface area contributed by atoms with Crippen LogP contribution in [0.3, 0.4) is 0 Å². The van der Waals surface area contributed by atoms with Gasteiger partial charge >= 0.3 is 0 Å². The van der Waals surface area contributed by atoms with E-state index in [1.165, 1.54) is 6.92 Å². The molecule has 1 aliphatic rings. The molecule has 0 bridgehead atoms. The minimum absolute atomic E-state index is 0.109. The molecule has 0 saturated heterocycles. The van der Waals surface area contributed by atoms with Gasteiger partial charge in [0, 0.05) is 42.9 Å². The van der Waals surface area contributed by atoms with E-state index in [-0.39, 0.29) is 11.5 Å². The fourth-order valence-corrected chi connectivity index (χ4v) is 3.45. The SMILES string of the molecule is CC(=O)Nc1cccc(NCC2=CC[C@H](c3cc(F)c(F)cc3F)[C@@H](N)C2)c1. The fraction of sp³-hybridized carbons (Fsp3) is 0.286. The van der Waals surface area contributed by atoms with Crippen molar-refractivity contribution in [1.82, 2.24) is 0 Å². The molecule has 2 atom stereocenters. The highest BCUT2D eigenvalue weighted by Crippen LogP contribution is 2.34. The van der Waals surface area contributed by atoms with Crippen molar-refractivity contribution in [1.29, 1.82) is 0 Å². The number of anilines is 2. The third-order valence-electron chi connectivity index (χ3n) is 4.82. The fourth-order valence-electron chi connectivity index (χ4n) is 3.45. The van der Waals surface area contributed by atoms with E-state index in [4.69, 9.17) is 5.73 Å². The topological polar surface area (TPSA) is 67.2 Å². The second-order valence-corrected chi connectivity index (χ2v) is 6.98. The van der Waals surface area contributed by atoms with Gasteiger partial charge in [-0.3, -0.25) is 4.79 Å². The van der Waals surface area contributed by atoms with Gasteiger partial charge in [-0.1, -0.05) is 17.7 Å². The molecule has 3 rings (SSSR count). The zero-order valence-electron chi connectivity index (χ0n) is 15.4. The molecule has 0 heterocycles. The van der Waals surface area contributed by atoms with E-state index >= 15 is 0 Å². The van der Waals surface area contributed by atoms with Crippen LogP contribution in [0.4, 0.5) is 24.5 Å². The molecule has 7 heteroatoms.